The average molecular weight is 236 g/mol. The molecule has 96 valence electrons. The van der Waals surface area contributed by atoms with Gasteiger partial charge in [-0.2, -0.15) is 0 Å². The molecule has 0 fully saturated rings. The molecule has 1 atom stereocenters. The summed E-state index contributed by atoms with van der Waals surface area (Å²) in [4.78, 5) is 0. The molecule has 0 aromatic heterocycles. The van der Waals surface area contributed by atoms with Crippen LogP contribution in [0.15, 0.2) is 12.1 Å². The predicted molar refractivity (Wildman–Crippen MR) is 71.3 cm³/mol. The van der Waals surface area contributed by atoms with Gasteiger partial charge in [0.15, 0.2) is 0 Å². The van der Waals surface area contributed by atoms with Crippen LogP contribution < -0.4 is 0 Å². The second-order valence-electron chi connectivity index (χ2n) is 5.80. The maximum absolute atomic E-state index is 10.0. The van der Waals surface area contributed by atoms with E-state index in [2.05, 4.69) is 32.9 Å². The molecule has 2 N–H and O–H groups in total. The monoisotopic (exact) mass is 236 g/mol. The molecule has 1 aromatic carbocycles. The minimum Gasteiger partial charge on any atom is -0.396 e. The molecule has 0 spiro atoms. The quantitative estimate of drug-likeness (QED) is 0.847. The molecule has 0 bridgehead atoms. The lowest BCUT2D eigenvalue weighted by atomic mass is 9.83. The summed E-state index contributed by atoms with van der Waals surface area (Å²) >= 11 is 0. The highest BCUT2D eigenvalue weighted by atomic mass is 16.3. The number of rotatable bonds is 3. The largest absolute Gasteiger partial charge is 0.396 e. The molecule has 1 aromatic rings. The Morgan fingerprint density at radius 2 is 1.59 bits per heavy atom. The Labute approximate surface area is 104 Å². The lowest BCUT2D eigenvalue weighted by molar-refractivity contribution is 0.133. The van der Waals surface area contributed by atoms with Crippen LogP contribution >= 0.6 is 0 Å². The Bertz CT molecular complexity index is 365. The number of aliphatic hydroxyl groups excluding tert-OH is 2. The van der Waals surface area contributed by atoms with Gasteiger partial charge in [0.1, 0.15) is 0 Å². The first-order valence-corrected chi connectivity index (χ1v) is 6.18. The molecule has 1 unspecified atom stereocenters. The lowest BCUT2D eigenvalue weighted by Crippen LogP contribution is -2.14. The lowest BCUT2D eigenvalue weighted by Gasteiger charge is -2.24. The summed E-state index contributed by atoms with van der Waals surface area (Å²) in [5, 5.41) is 18.9. The van der Waals surface area contributed by atoms with Crippen LogP contribution in [0.4, 0.5) is 0 Å². The van der Waals surface area contributed by atoms with Crippen LogP contribution in [0.5, 0.6) is 0 Å². The third kappa shape index (κ3) is 3.30. The van der Waals surface area contributed by atoms with E-state index in [0.29, 0.717) is 6.42 Å². The molecule has 2 nitrogen and oxygen atoms in total. The van der Waals surface area contributed by atoms with Gasteiger partial charge in [-0.25, -0.2) is 0 Å². The van der Waals surface area contributed by atoms with Crippen molar-refractivity contribution in [3.63, 3.8) is 0 Å². The van der Waals surface area contributed by atoms with E-state index in [1.54, 1.807) is 0 Å². The molecule has 1 rings (SSSR count). The zero-order valence-corrected chi connectivity index (χ0v) is 11.5. The highest BCUT2D eigenvalue weighted by Gasteiger charge is 2.19. The van der Waals surface area contributed by atoms with Gasteiger partial charge in [-0.3, -0.25) is 0 Å². The number of aryl methyl sites for hydroxylation is 2. The predicted octanol–water partition coefficient (Wildman–Crippen LogP) is 3.02. The van der Waals surface area contributed by atoms with E-state index in [9.17, 15) is 5.11 Å². The van der Waals surface area contributed by atoms with Crippen LogP contribution in [-0.2, 0) is 5.41 Å². The Kier molecular flexibility index (Phi) is 4.34. The molecule has 17 heavy (non-hydrogen) atoms. The Morgan fingerprint density at radius 3 is 1.94 bits per heavy atom. The van der Waals surface area contributed by atoms with Gasteiger partial charge >= 0.3 is 0 Å². The summed E-state index contributed by atoms with van der Waals surface area (Å²) in [6.45, 7) is 10.6. The fraction of sp³-hybridized carbons (Fsp3) is 0.600. The van der Waals surface area contributed by atoms with E-state index in [1.165, 1.54) is 5.56 Å². The van der Waals surface area contributed by atoms with Crippen LogP contribution in [0, 0.1) is 13.8 Å². The second kappa shape index (κ2) is 5.19. The first-order valence-electron chi connectivity index (χ1n) is 6.18. The molecule has 0 aliphatic rings. The maximum Gasteiger partial charge on any atom is 0.0817 e. The van der Waals surface area contributed by atoms with E-state index in [0.717, 1.165) is 16.7 Å². The van der Waals surface area contributed by atoms with Crippen molar-refractivity contribution < 1.29 is 10.2 Å². The Balaban J connectivity index is 3.20. The van der Waals surface area contributed by atoms with Gasteiger partial charge in [-0.05, 0) is 41.5 Å². The van der Waals surface area contributed by atoms with E-state index in [1.807, 2.05) is 13.8 Å². The average Bonchev–Trinajstić information content (AvgIpc) is 2.15. The van der Waals surface area contributed by atoms with Crippen molar-refractivity contribution >= 4 is 0 Å². The zero-order chi connectivity index (χ0) is 13.2. The van der Waals surface area contributed by atoms with Gasteiger partial charge in [0.05, 0.1) is 6.10 Å². The van der Waals surface area contributed by atoms with Gasteiger partial charge < -0.3 is 10.2 Å². The normalized spacial score (nSPS) is 13.8. The van der Waals surface area contributed by atoms with Crippen molar-refractivity contribution in [3.05, 3.63) is 34.4 Å². The number of hydrogen-bond acceptors (Lipinski definition) is 2. The number of hydrogen-bond donors (Lipinski definition) is 2. The molecular weight excluding hydrogens is 212 g/mol. The molecule has 0 amide bonds. The van der Waals surface area contributed by atoms with Crippen molar-refractivity contribution in [1.82, 2.24) is 0 Å². The Morgan fingerprint density at radius 1 is 1.12 bits per heavy atom. The number of benzene rings is 1. The fourth-order valence-corrected chi connectivity index (χ4v) is 2.20. The standard InChI is InChI=1S/C15H24O2/c1-10-8-12(15(3,4)5)9-11(2)14(10)13(17)6-7-16/h8-9,13,16-17H,6-7H2,1-5H3. The maximum atomic E-state index is 10.0. The number of aliphatic hydroxyl groups is 2. The SMILES string of the molecule is Cc1cc(C(C)(C)C)cc(C)c1C(O)CCO. The molecule has 0 aliphatic heterocycles. The van der Waals surface area contributed by atoms with Crippen LogP contribution in [0.2, 0.25) is 0 Å². The van der Waals surface area contributed by atoms with Crippen LogP contribution in [0.3, 0.4) is 0 Å². The molecular formula is C15H24O2. The summed E-state index contributed by atoms with van der Waals surface area (Å²) in [7, 11) is 0. The third-order valence-electron chi connectivity index (χ3n) is 3.20. The zero-order valence-electron chi connectivity index (χ0n) is 11.5. The summed E-state index contributed by atoms with van der Waals surface area (Å²) in [5.74, 6) is 0. The van der Waals surface area contributed by atoms with Crippen molar-refractivity contribution in [1.29, 1.82) is 0 Å². The summed E-state index contributed by atoms with van der Waals surface area (Å²) in [6, 6.07) is 4.28. The van der Waals surface area contributed by atoms with Crippen molar-refractivity contribution in [3.8, 4) is 0 Å². The first-order chi connectivity index (χ1) is 7.77. The molecule has 0 saturated heterocycles. The molecule has 0 saturated carbocycles. The molecule has 2 heteroatoms. The minimum absolute atomic E-state index is 0.0149. The van der Waals surface area contributed by atoms with E-state index >= 15 is 0 Å². The summed E-state index contributed by atoms with van der Waals surface area (Å²) in [6.07, 6.45) is -0.162. The van der Waals surface area contributed by atoms with E-state index < -0.39 is 6.10 Å². The van der Waals surface area contributed by atoms with E-state index in [4.69, 9.17) is 5.11 Å². The molecule has 0 aliphatic carbocycles. The highest BCUT2D eigenvalue weighted by Crippen LogP contribution is 2.30. The minimum atomic E-state index is -0.561. The third-order valence-corrected chi connectivity index (χ3v) is 3.20. The molecule has 0 radical (unpaired) electrons. The first kappa shape index (κ1) is 14.2. The topological polar surface area (TPSA) is 40.5 Å². The van der Waals surface area contributed by atoms with Crippen molar-refractivity contribution in [2.24, 2.45) is 0 Å². The van der Waals surface area contributed by atoms with Crippen LogP contribution in [-0.4, -0.2) is 16.8 Å². The van der Waals surface area contributed by atoms with E-state index in [-0.39, 0.29) is 12.0 Å². The van der Waals surface area contributed by atoms with Gasteiger partial charge in [-0.15, -0.1) is 0 Å². The summed E-state index contributed by atoms with van der Waals surface area (Å²) in [5.41, 5.74) is 4.59. The van der Waals surface area contributed by atoms with Gasteiger partial charge in [0.25, 0.3) is 0 Å². The van der Waals surface area contributed by atoms with Gasteiger partial charge in [0, 0.05) is 13.0 Å². The van der Waals surface area contributed by atoms with Crippen LogP contribution in [0.25, 0.3) is 0 Å². The fourth-order valence-electron chi connectivity index (χ4n) is 2.20. The van der Waals surface area contributed by atoms with Gasteiger partial charge in [0.2, 0.25) is 0 Å². The Hall–Kier alpha value is -0.860. The van der Waals surface area contributed by atoms with Crippen LogP contribution in [0.1, 0.15) is 55.5 Å². The molecule has 0 heterocycles. The van der Waals surface area contributed by atoms with Crippen molar-refractivity contribution in [2.45, 2.75) is 52.6 Å². The second-order valence-corrected chi connectivity index (χ2v) is 5.80. The van der Waals surface area contributed by atoms with Crippen molar-refractivity contribution in [2.75, 3.05) is 6.61 Å². The summed E-state index contributed by atoms with van der Waals surface area (Å²) < 4.78 is 0. The smallest absolute Gasteiger partial charge is 0.0817 e. The highest BCUT2D eigenvalue weighted by molar-refractivity contribution is 5.41. The van der Waals surface area contributed by atoms with Gasteiger partial charge in [-0.1, -0.05) is 32.9 Å².